The highest BCUT2D eigenvalue weighted by Crippen LogP contribution is 2.51. The van der Waals surface area contributed by atoms with Crippen LogP contribution in [-0.2, 0) is 31.2 Å². The number of allylic oxidation sites excluding steroid dienone is 3. The molecule has 4 atom stereocenters. The van der Waals surface area contributed by atoms with E-state index in [2.05, 4.69) is 34.7 Å². The number of carbonyl (C=O) groups excluding carboxylic acids is 3. The molecule has 8 nitrogen and oxygen atoms in total. The molecule has 5 rings (SSSR count). The van der Waals surface area contributed by atoms with Crippen molar-refractivity contribution in [3.05, 3.63) is 71.1 Å². The Balaban J connectivity index is 1.40. The number of aromatic nitrogens is 3. The Bertz CT molecular complexity index is 1360. The van der Waals surface area contributed by atoms with Gasteiger partial charge in [-0.3, -0.25) is 14.4 Å². The number of ether oxygens (including phenoxy) is 1. The lowest BCUT2D eigenvalue weighted by atomic mass is 9.60. The molecule has 1 heterocycles. The average Bonchev–Trinajstić information content (AvgIpc) is 3.45. The molecule has 1 N–H and O–H groups in total. The molecule has 1 aromatic carbocycles. The average molecular weight is 579 g/mol. The lowest BCUT2D eigenvalue weighted by Crippen LogP contribution is -2.53. The second-order valence-electron chi connectivity index (χ2n) is 12.1. The summed E-state index contributed by atoms with van der Waals surface area (Å²) < 4.78 is 7.74. The predicted molar refractivity (Wildman–Crippen MR) is 156 cm³/mol. The second-order valence-corrected chi connectivity index (χ2v) is 12.4. The van der Waals surface area contributed by atoms with Gasteiger partial charge in [0, 0.05) is 22.8 Å². The number of rotatable bonds is 8. The number of esters is 1. The van der Waals surface area contributed by atoms with E-state index in [9.17, 15) is 14.4 Å². The van der Waals surface area contributed by atoms with E-state index in [1.807, 2.05) is 42.1 Å². The number of alkyl halides is 1. The predicted octanol–water partition coefficient (Wildman–Crippen LogP) is 5.26. The Kier molecular flexibility index (Phi) is 8.50. The Morgan fingerprint density at radius 3 is 2.61 bits per heavy atom. The third-order valence-corrected chi connectivity index (χ3v) is 9.59. The minimum Gasteiger partial charge on any atom is -0.457 e. The molecular weight excluding hydrogens is 540 g/mol. The number of amides is 1. The lowest BCUT2D eigenvalue weighted by Gasteiger charge is -2.47. The molecule has 3 aliphatic rings. The molecule has 9 heteroatoms. The van der Waals surface area contributed by atoms with Gasteiger partial charge in [0.05, 0.1) is 18.3 Å². The van der Waals surface area contributed by atoms with Crippen molar-refractivity contribution < 1.29 is 19.1 Å². The fourth-order valence-corrected chi connectivity index (χ4v) is 7.03. The third kappa shape index (κ3) is 5.89. The molecule has 1 aromatic heterocycles. The molecule has 1 amide bonds. The molecule has 2 saturated carbocycles. The van der Waals surface area contributed by atoms with Crippen molar-refractivity contribution in [2.24, 2.45) is 17.3 Å². The fourth-order valence-electron chi connectivity index (χ4n) is 6.97. The zero-order valence-electron chi connectivity index (χ0n) is 24.1. The zero-order valence-corrected chi connectivity index (χ0v) is 24.8. The van der Waals surface area contributed by atoms with Crippen molar-refractivity contribution in [2.45, 2.75) is 83.9 Å². The van der Waals surface area contributed by atoms with Gasteiger partial charge in [-0.25, -0.2) is 4.68 Å². The number of nitrogens with one attached hydrogen (secondary N) is 1. The van der Waals surface area contributed by atoms with E-state index in [0.29, 0.717) is 18.5 Å². The molecule has 3 aliphatic carbocycles. The normalized spacial score (nSPS) is 26.3. The fraction of sp³-hybridized carbons (Fsp3) is 0.531. The summed E-state index contributed by atoms with van der Waals surface area (Å²) in [6, 6.07) is 10.1. The van der Waals surface area contributed by atoms with Crippen LogP contribution in [0.5, 0.6) is 0 Å². The highest BCUT2D eigenvalue weighted by Gasteiger charge is 2.49. The summed E-state index contributed by atoms with van der Waals surface area (Å²) >= 11 is 5.84. The van der Waals surface area contributed by atoms with E-state index in [1.165, 1.54) is 0 Å². The Labute approximate surface area is 246 Å². The smallest absolute Gasteiger partial charge is 0.321 e. The van der Waals surface area contributed by atoms with Crippen molar-refractivity contribution in [2.75, 3.05) is 5.88 Å². The molecule has 0 aliphatic heterocycles. The van der Waals surface area contributed by atoms with Crippen molar-refractivity contribution in [3.8, 4) is 0 Å². The van der Waals surface area contributed by atoms with Gasteiger partial charge in [-0.1, -0.05) is 74.7 Å². The maximum atomic E-state index is 14.0. The summed E-state index contributed by atoms with van der Waals surface area (Å²) in [4.78, 5) is 39.2. The first kappa shape index (κ1) is 29.2. The lowest BCUT2D eigenvalue weighted by molar-refractivity contribution is -0.152. The standard InChI is InChI=1S/C32H39ClN4O4/c1-21(24-12-16-31(3)17-13-25(38)22(2)28(31)29(24)41-27(39)18-33)30(40)34-32(14-8-5-9-15-32)26-20-37(36-35-26)19-23-10-6-4-7-11-23/h4,6-7,10-11,13,17,20-21,24,29H,5,8-9,12,14-16,18-19H2,1-3H3,(H,34,40)/t21-,24-,29-,31-/m0/s1. The van der Waals surface area contributed by atoms with Crippen LogP contribution in [0.4, 0.5) is 0 Å². The number of hydrogen-bond donors (Lipinski definition) is 1. The SMILES string of the molecule is CC1=C2[C@@H](OC(=O)CCl)[C@H]([C@H](C)C(=O)NC3(c4cn(Cc5ccccc5)nn4)CCCCC3)CC[C@@]2(C)C=CC1=O. The largest absolute Gasteiger partial charge is 0.457 e. The molecular formula is C32H39ClN4O4. The minimum absolute atomic E-state index is 0.0955. The van der Waals surface area contributed by atoms with Crippen LogP contribution in [0.1, 0.15) is 77.0 Å². The Morgan fingerprint density at radius 2 is 1.90 bits per heavy atom. The van der Waals surface area contributed by atoms with E-state index in [0.717, 1.165) is 55.4 Å². The van der Waals surface area contributed by atoms with Crippen LogP contribution < -0.4 is 5.32 Å². The zero-order chi connectivity index (χ0) is 29.2. The quantitative estimate of drug-likeness (QED) is 0.338. The van der Waals surface area contributed by atoms with Gasteiger partial charge in [-0.05, 0) is 49.8 Å². The first-order valence-corrected chi connectivity index (χ1v) is 15.2. The third-order valence-electron chi connectivity index (χ3n) is 9.37. The maximum Gasteiger partial charge on any atom is 0.321 e. The highest BCUT2D eigenvalue weighted by atomic mass is 35.5. The van der Waals surface area contributed by atoms with E-state index >= 15 is 0 Å². The number of hydrogen-bond acceptors (Lipinski definition) is 6. The molecule has 0 radical (unpaired) electrons. The number of carbonyl (C=O) groups is 3. The summed E-state index contributed by atoms with van der Waals surface area (Å²) in [7, 11) is 0. The Morgan fingerprint density at radius 1 is 1.17 bits per heavy atom. The topological polar surface area (TPSA) is 103 Å². The first-order valence-electron chi connectivity index (χ1n) is 14.6. The van der Waals surface area contributed by atoms with Gasteiger partial charge < -0.3 is 10.1 Å². The summed E-state index contributed by atoms with van der Waals surface area (Å²) in [6.07, 6.45) is 10.8. The molecule has 0 bridgehead atoms. The minimum atomic E-state index is -0.705. The van der Waals surface area contributed by atoms with Gasteiger partial charge in [-0.15, -0.1) is 16.7 Å². The molecule has 41 heavy (non-hydrogen) atoms. The van der Waals surface area contributed by atoms with E-state index in [-0.39, 0.29) is 23.5 Å². The number of benzene rings is 1. The van der Waals surface area contributed by atoms with Gasteiger partial charge in [0.2, 0.25) is 5.91 Å². The van der Waals surface area contributed by atoms with Crippen LogP contribution in [-0.4, -0.2) is 44.6 Å². The van der Waals surface area contributed by atoms with Gasteiger partial charge in [0.1, 0.15) is 17.7 Å². The molecule has 0 unspecified atom stereocenters. The Hall–Kier alpha value is -3.26. The summed E-state index contributed by atoms with van der Waals surface area (Å²) in [5, 5.41) is 12.3. The van der Waals surface area contributed by atoms with Crippen LogP contribution in [0.15, 0.2) is 59.8 Å². The summed E-state index contributed by atoms with van der Waals surface area (Å²) in [5.41, 5.74) is 2.25. The van der Waals surface area contributed by atoms with Crippen molar-refractivity contribution in [3.63, 3.8) is 0 Å². The van der Waals surface area contributed by atoms with Gasteiger partial charge in [0.15, 0.2) is 5.78 Å². The monoisotopic (exact) mass is 578 g/mol. The number of ketones is 1. The second kappa shape index (κ2) is 11.9. The first-order chi connectivity index (χ1) is 19.7. The molecule has 2 fully saturated rings. The van der Waals surface area contributed by atoms with Crippen LogP contribution in [0, 0.1) is 17.3 Å². The van der Waals surface area contributed by atoms with Crippen molar-refractivity contribution in [1.82, 2.24) is 20.3 Å². The van der Waals surface area contributed by atoms with Crippen LogP contribution in [0.2, 0.25) is 0 Å². The molecule has 0 spiro atoms. The van der Waals surface area contributed by atoms with Crippen molar-refractivity contribution in [1.29, 1.82) is 0 Å². The van der Waals surface area contributed by atoms with Crippen LogP contribution >= 0.6 is 11.6 Å². The van der Waals surface area contributed by atoms with Crippen molar-refractivity contribution >= 4 is 29.3 Å². The molecule has 0 saturated heterocycles. The van der Waals surface area contributed by atoms with Gasteiger partial charge in [-0.2, -0.15) is 0 Å². The van der Waals surface area contributed by atoms with E-state index in [1.54, 1.807) is 13.0 Å². The van der Waals surface area contributed by atoms with Gasteiger partial charge in [0.25, 0.3) is 0 Å². The number of fused-ring (bicyclic) bond motifs is 1. The highest BCUT2D eigenvalue weighted by molar-refractivity contribution is 6.26. The van der Waals surface area contributed by atoms with E-state index in [4.69, 9.17) is 16.3 Å². The van der Waals surface area contributed by atoms with E-state index < -0.39 is 28.9 Å². The van der Waals surface area contributed by atoms with Gasteiger partial charge >= 0.3 is 5.97 Å². The van der Waals surface area contributed by atoms with Crippen LogP contribution in [0.25, 0.3) is 0 Å². The molecule has 2 aromatic rings. The maximum absolute atomic E-state index is 14.0. The summed E-state index contributed by atoms with van der Waals surface area (Å²) in [5.74, 6) is -1.83. The molecule has 218 valence electrons. The number of nitrogens with zero attached hydrogens (tertiary/aromatic N) is 3. The van der Waals surface area contributed by atoms with Crippen LogP contribution in [0.3, 0.4) is 0 Å². The number of halogens is 1. The summed E-state index contributed by atoms with van der Waals surface area (Å²) in [6.45, 7) is 6.34.